The fourth-order valence-corrected chi connectivity index (χ4v) is 5.03. The Kier molecular flexibility index (Phi) is 8.20. The van der Waals surface area contributed by atoms with Gasteiger partial charge in [0.25, 0.3) is 5.91 Å². The SMILES string of the molecule is CSCC[C@@H]1NC2(CCN(C(=O)c3ccc(F)cc3)CC2)N(Cc2ccccc2)C1=O.Cl. The van der Waals surface area contributed by atoms with Gasteiger partial charge in [-0.15, -0.1) is 12.4 Å². The Morgan fingerprint density at radius 2 is 1.78 bits per heavy atom. The van der Waals surface area contributed by atoms with Gasteiger partial charge in [-0.25, -0.2) is 4.39 Å². The average Bonchev–Trinajstić information content (AvgIpc) is 3.04. The number of amides is 2. The van der Waals surface area contributed by atoms with Crippen LogP contribution in [-0.2, 0) is 11.3 Å². The highest BCUT2D eigenvalue weighted by molar-refractivity contribution is 7.98. The highest BCUT2D eigenvalue weighted by Crippen LogP contribution is 2.35. The van der Waals surface area contributed by atoms with E-state index < -0.39 is 5.66 Å². The van der Waals surface area contributed by atoms with Crippen LogP contribution in [0.5, 0.6) is 0 Å². The molecule has 2 aliphatic heterocycles. The summed E-state index contributed by atoms with van der Waals surface area (Å²) in [6.45, 7) is 1.67. The maximum absolute atomic E-state index is 13.3. The second kappa shape index (κ2) is 10.7. The monoisotopic (exact) mass is 477 g/mol. The molecule has 0 bridgehead atoms. The first kappa shape index (κ1) is 24.6. The van der Waals surface area contributed by atoms with E-state index in [-0.39, 0.29) is 36.1 Å². The van der Waals surface area contributed by atoms with Gasteiger partial charge in [0.05, 0.1) is 11.7 Å². The molecule has 5 nitrogen and oxygen atoms in total. The van der Waals surface area contributed by atoms with Gasteiger partial charge in [0.1, 0.15) is 5.82 Å². The number of carbonyl (C=O) groups excluding carboxylic acids is 2. The number of hydrogen-bond acceptors (Lipinski definition) is 4. The lowest BCUT2D eigenvalue weighted by molar-refractivity contribution is -0.134. The first-order chi connectivity index (χ1) is 15.0. The molecule has 1 atom stereocenters. The van der Waals surface area contributed by atoms with E-state index in [0.717, 1.165) is 17.7 Å². The Balaban J connectivity index is 0.00000289. The van der Waals surface area contributed by atoms with Crippen molar-refractivity contribution in [3.05, 3.63) is 71.5 Å². The summed E-state index contributed by atoms with van der Waals surface area (Å²) in [7, 11) is 0. The van der Waals surface area contributed by atoms with Crippen LogP contribution in [-0.4, -0.2) is 58.4 Å². The number of rotatable bonds is 6. The summed E-state index contributed by atoms with van der Waals surface area (Å²) in [5.41, 5.74) is 1.16. The van der Waals surface area contributed by atoms with E-state index in [1.807, 2.05) is 35.2 Å². The minimum absolute atomic E-state index is 0. The summed E-state index contributed by atoms with van der Waals surface area (Å²) in [5, 5.41) is 3.64. The Labute approximate surface area is 199 Å². The van der Waals surface area contributed by atoms with Gasteiger partial charge in [0.15, 0.2) is 0 Å². The molecule has 1 N–H and O–H groups in total. The zero-order chi connectivity index (χ0) is 21.8. The quantitative estimate of drug-likeness (QED) is 0.684. The molecular formula is C24H29ClFN3O2S. The maximum atomic E-state index is 13.3. The number of hydrogen-bond donors (Lipinski definition) is 1. The second-order valence-corrected chi connectivity index (χ2v) is 9.20. The summed E-state index contributed by atoms with van der Waals surface area (Å²) < 4.78 is 13.2. The van der Waals surface area contributed by atoms with Crippen molar-refractivity contribution in [3.63, 3.8) is 0 Å². The average molecular weight is 478 g/mol. The van der Waals surface area contributed by atoms with Crippen LogP contribution in [0.1, 0.15) is 35.2 Å². The molecule has 4 rings (SSSR count). The molecule has 8 heteroatoms. The van der Waals surface area contributed by atoms with Crippen molar-refractivity contribution in [2.75, 3.05) is 25.1 Å². The predicted molar refractivity (Wildman–Crippen MR) is 128 cm³/mol. The van der Waals surface area contributed by atoms with Crippen molar-refractivity contribution >= 4 is 36.0 Å². The Hall–Kier alpha value is -2.09. The molecule has 32 heavy (non-hydrogen) atoms. The van der Waals surface area contributed by atoms with Crippen molar-refractivity contribution in [3.8, 4) is 0 Å². The first-order valence-electron chi connectivity index (χ1n) is 10.7. The first-order valence-corrected chi connectivity index (χ1v) is 12.1. The minimum atomic E-state index is -0.435. The lowest BCUT2D eigenvalue weighted by Crippen LogP contribution is -2.59. The van der Waals surface area contributed by atoms with E-state index in [0.29, 0.717) is 38.0 Å². The standard InChI is InChI=1S/C24H28FN3O2S.ClH/c1-31-16-11-21-23(30)28(17-18-5-3-2-4-6-18)24(26-21)12-14-27(15-13-24)22(29)19-7-9-20(25)10-8-19;/h2-10,21,26H,11-17H2,1H3;1H/t21-;/m0./s1. The van der Waals surface area contributed by atoms with Crippen molar-refractivity contribution in [1.82, 2.24) is 15.1 Å². The van der Waals surface area contributed by atoms with Gasteiger partial charge in [-0.1, -0.05) is 30.3 Å². The van der Waals surface area contributed by atoms with Gasteiger partial charge in [0, 0.05) is 38.0 Å². The molecular weight excluding hydrogens is 449 g/mol. The van der Waals surface area contributed by atoms with Gasteiger partial charge in [-0.05, 0) is 48.3 Å². The molecule has 0 aliphatic carbocycles. The summed E-state index contributed by atoms with van der Waals surface area (Å²) in [6, 6.07) is 15.5. The van der Waals surface area contributed by atoms with Crippen LogP contribution in [0.3, 0.4) is 0 Å². The number of likely N-dealkylation sites (tertiary alicyclic amines) is 1. The smallest absolute Gasteiger partial charge is 0.253 e. The number of benzene rings is 2. The zero-order valence-electron chi connectivity index (χ0n) is 18.1. The molecule has 2 amide bonds. The molecule has 172 valence electrons. The highest BCUT2D eigenvalue weighted by Gasteiger charge is 2.51. The van der Waals surface area contributed by atoms with Crippen LogP contribution < -0.4 is 5.32 Å². The van der Waals surface area contributed by atoms with Gasteiger partial charge < -0.3 is 9.80 Å². The molecule has 0 unspecified atom stereocenters. The lowest BCUT2D eigenvalue weighted by Gasteiger charge is -2.44. The third kappa shape index (κ3) is 5.11. The highest BCUT2D eigenvalue weighted by atomic mass is 35.5. The summed E-state index contributed by atoms with van der Waals surface area (Å²) in [5.74, 6) is 0.632. The molecule has 0 saturated carbocycles. The summed E-state index contributed by atoms with van der Waals surface area (Å²) in [4.78, 5) is 30.0. The van der Waals surface area contributed by atoms with Crippen LogP contribution in [0, 0.1) is 5.82 Å². The third-order valence-corrected chi connectivity index (χ3v) is 6.93. The van der Waals surface area contributed by atoms with Crippen LogP contribution in [0.2, 0.25) is 0 Å². The van der Waals surface area contributed by atoms with Gasteiger partial charge >= 0.3 is 0 Å². The van der Waals surface area contributed by atoms with Crippen molar-refractivity contribution in [2.45, 2.75) is 37.5 Å². The molecule has 0 radical (unpaired) electrons. The predicted octanol–water partition coefficient (Wildman–Crippen LogP) is 3.93. The summed E-state index contributed by atoms with van der Waals surface area (Å²) >= 11 is 1.74. The van der Waals surface area contributed by atoms with Crippen molar-refractivity contribution in [1.29, 1.82) is 0 Å². The molecule has 2 fully saturated rings. The number of nitrogens with zero attached hydrogens (tertiary/aromatic N) is 2. The van der Waals surface area contributed by atoms with Crippen molar-refractivity contribution < 1.29 is 14.0 Å². The number of piperidine rings is 1. The molecule has 2 aliphatic rings. The number of carbonyl (C=O) groups is 2. The fraction of sp³-hybridized carbons (Fsp3) is 0.417. The maximum Gasteiger partial charge on any atom is 0.253 e. The van der Waals surface area contributed by atoms with Gasteiger partial charge in [-0.2, -0.15) is 11.8 Å². The Morgan fingerprint density at radius 3 is 2.41 bits per heavy atom. The fourth-order valence-electron chi connectivity index (χ4n) is 4.56. The molecule has 2 aromatic rings. The van der Waals surface area contributed by atoms with E-state index in [1.54, 1.807) is 16.7 Å². The minimum Gasteiger partial charge on any atom is -0.338 e. The lowest BCUT2D eigenvalue weighted by atomic mass is 9.94. The van der Waals surface area contributed by atoms with E-state index in [1.165, 1.54) is 24.3 Å². The Morgan fingerprint density at radius 1 is 1.12 bits per heavy atom. The molecule has 2 saturated heterocycles. The van der Waals surface area contributed by atoms with Gasteiger partial charge in [-0.3, -0.25) is 14.9 Å². The van der Waals surface area contributed by atoms with E-state index in [9.17, 15) is 14.0 Å². The number of halogens is 2. The van der Waals surface area contributed by atoms with Crippen LogP contribution in [0.25, 0.3) is 0 Å². The van der Waals surface area contributed by atoms with E-state index >= 15 is 0 Å². The zero-order valence-corrected chi connectivity index (χ0v) is 19.8. The molecule has 1 spiro atoms. The number of thioether (sulfide) groups is 1. The van der Waals surface area contributed by atoms with E-state index in [4.69, 9.17) is 0 Å². The second-order valence-electron chi connectivity index (χ2n) is 8.22. The molecule has 2 heterocycles. The van der Waals surface area contributed by atoms with Crippen LogP contribution >= 0.6 is 24.2 Å². The summed E-state index contributed by atoms with van der Waals surface area (Å²) in [6.07, 6.45) is 4.20. The van der Waals surface area contributed by atoms with E-state index in [2.05, 4.69) is 11.6 Å². The van der Waals surface area contributed by atoms with Crippen LogP contribution in [0.4, 0.5) is 4.39 Å². The van der Waals surface area contributed by atoms with Crippen LogP contribution in [0.15, 0.2) is 54.6 Å². The number of nitrogens with one attached hydrogen (secondary N) is 1. The third-order valence-electron chi connectivity index (χ3n) is 6.29. The largest absolute Gasteiger partial charge is 0.338 e. The Bertz CT molecular complexity index is 921. The normalized spacial score (nSPS) is 19.8. The molecule has 0 aromatic heterocycles. The van der Waals surface area contributed by atoms with Crippen molar-refractivity contribution in [2.24, 2.45) is 0 Å². The van der Waals surface area contributed by atoms with Gasteiger partial charge in [0.2, 0.25) is 5.91 Å². The molecule has 2 aromatic carbocycles. The topological polar surface area (TPSA) is 52.7 Å².